The van der Waals surface area contributed by atoms with E-state index in [9.17, 15) is 0 Å². The lowest BCUT2D eigenvalue weighted by atomic mass is 9.86. The maximum absolute atomic E-state index is 5.88. The van der Waals surface area contributed by atoms with Crippen LogP contribution in [-0.2, 0) is 12.8 Å². The van der Waals surface area contributed by atoms with Gasteiger partial charge in [-0.15, -0.1) is 0 Å². The Kier molecular flexibility index (Phi) is 6.56. The summed E-state index contributed by atoms with van der Waals surface area (Å²) < 4.78 is 7.06. The molecule has 1 aromatic carbocycles. The monoisotopic (exact) mass is 353 g/mol. The fourth-order valence-electron chi connectivity index (χ4n) is 3.53. The number of benzene rings is 1. The molecule has 1 aliphatic heterocycles. The molecule has 1 aliphatic rings. The van der Waals surface area contributed by atoms with Crippen LogP contribution in [0, 0.1) is 5.92 Å². The number of ether oxygens (including phenoxy) is 1. The van der Waals surface area contributed by atoms with Crippen LogP contribution < -0.4 is 10.1 Å². The van der Waals surface area contributed by atoms with Crippen LogP contribution in [0.4, 0.5) is 0 Å². The Hall–Kier alpha value is -0.540. The van der Waals surface area contributed by atoms with Crippen LogP contribution in [0.3, 0.4) is 0 Å². The number of nitrogens with one attached hydrogen (secondary N) is 1. The first-order valence-corrected chi connectivity index (χ1v) is 9.10. The first-order chi connectivity index (χ1) is 10.2. The van der Waals surface area contributed by atoms with E-state index in [0.717, 1.165) is 31.1 Å². The van der Waals surface area contributed by atoms with Crippen LogP contribution in [0.2, 0.25) is 0 Å². The van der Waals surface area contributed by atoms with Gasteiger partial charge in [-0.3, -0.25) is 0 Å². The van der Waals surface area contributed by atoms with Crippen molar-refractivity contribution >= 4 is 15.9 Å². The highest BCUT2D eigenvalue weighted by Gasteiger charge is 2.23. The first-order valence-electron chi connectivity index (χ1n) is 8.30. The van der Waals surface area contributed by atoms with Crippen molar-refractivity contribution in [1.82, 2.24) is 5.32 Å². The normalized spacial score (nSPS) is 15.1. The van der Waals surface area contributed by atoms with E-state index in [1.54, 1.807) is 0 Å². The molecule has 0 bridgehead atoms. The van der Waals surface area contributed by atoms with Gasteiger partial charge in [0.15, 0.2) is 0 Å². The highest BCUT2D eigenvalue weighted by atomic mass is 79.9. The number of likely N-dealkylation sites (N-methyl/N-ethyl adjacent to an activating group) is 1. The van der Waals surface area contributed by atoms with Crippen molar-refractivity contribution < 1.29 is 4.74 Å². The molecule has 0 saturated heterocycles. The second kappa shape index (κ2) is 8.19. The van der Waals surface area contributed by atoms with Crippen molar-refractivity contribution in [3.05, 3.63) is 27.7 Å². The minimum Gasteiger partial charge on any atom is -0.493 e. The molecule has 0 fully saturated rings. The lowest BCUT2D eigenvalue weighted by Gasteiger charge is -2.27. The van der Waals surface area contributed by atoms with Gasteiger partial charge in [-0.2, -0.15) is 0 Å². The molecule has 2 rings (SSSR count). The van der Waals surface area contributed by atoms with Crippen molar-refractivity contribution in [2.45, 2.75) is 58.4 Å². The Morgan fingerprint density at radius 2 is 1.95 bits per heavy atom. The second-order valence-electron chi connectivity index (χ2n) is 6.09. The number of halogens is 1. The van der Waals surface area contributed by atoms with Gasteiger partial charge in [0.05, 0.1) is 6.61 Å². The maximum Gasteiger partial charge on any atom is 0.125 e. The van der Waals surface area contributed by atoms with Gasteiger partial charge in [0.2, 0.25) is 0 Å². The molecule has 1 aromatic rings. The summed E-state index contributed by atoms with van der Waals surface area (Å²) in [5, 5.41) is 3.56. The van der Waals surface area contributed by atoms with Gasteiger partial charge in [0.25, 0.3) is 0 Å². The smallest absolute Gasteiger partial charge is 0.125 e. The Morgan fingerprint density at radius 1 is 1.24 bits per heavy atom. The molecular weight excluding hydrogens is 326 g/mol. The van der Waals surface area contributed by atoms with Gasteiger partial charge in [0.1, 0.15) is 5.75 Å². The Bertz CT molecular complexity index is 455. The van der Waals surface area contributed by atoms with E-state index in [4.69, 9.17) is 4.74 Å². The molecule has 3 heteroatoms. The van der Waals surface area contributed by atoms with Gasteiger partial charge in [0, 0.05) is 16.9 Å². The standard InChI is InChI=1S/C18H28BrNO/c1-4-6-13(7-5-2)17(20-3)12-15-11-16(19)10-14-8-9-21-18(14)15/h10-11,13,17,20H,4-9,12H2,1-3H3. The van der Waals surface area contributed by atoms with Crippen molar-refractivity contribution in [2.24, 2.45) is 5.92 Å². The summed E-state index contributed by atoms with van der Waals surface area (Å²) in [4.78, 5) is 0. The van der Waals surface area contributed by atoms with Crippen LogP contribution in [0.25, 0.3) is 0 Å². The van der Waals surface area contributed by atoms with Gasteiger partial charge in [-0.25, -0.2) is 0 Å². The molecule has 0 aromatic heterocycles. The molecule has 118 valence electrons. The molecule has 0 spiro atoms. The predicted octanol–water partition coefficient (Wildman–Crippen LogP) is 4.73. The number of hydrogen-bond donors (Lipinski definition) is 1. The summed E-state index contributed by atoms with van der Waals surface area (Å²) in [6, 6.07) is 4.98. The van der Waals surface area contributed by atoms with Crippen LogP contribution in [0.5, 0.6) is 5.75 Å². The maximum atomic E-state index is 5.88. The zero-order chi connectivity index (χ0) is 15.2. The van der Waals surface area contributed by atoms with E-state index in [0.29, 0.717) is 6.04 Å². The highest BCUT2D eigenvalue weighted by molar-refractivity contribution is 9.10. The fraction of sp³-hybridized carbons (Fsp3) is 0.667. The van der Waals surface area contributed by atoms with Crippen LogP contribution in [0.1, 0.15) is 50.7 Å². The third-order valence-electron chi connectivity index (χ3n) is 4.52. The van der Waals surface area contributed by atoms with Crippen LogP contribution in [0.15, 0.2) is 16.6 Å². The molecule has 0 aliphatic carbocycles. The Labute approximate surface area is 137 Å². The second-order valence-corrected chi connectivity index (χ2v) is 7.00. The summed E-state index contributed by atoms with van der Waals surface area (Å²) in [5.41, 5.74) is 2.71. The van der Waals surface area contributed by atoms with E-state index in [1.165, 1.54) is 41.3 Å². The number of fused-ring (bicyclic) bond motifs is 1. The summed E-state index contributed by atoms with van der Waals surface area (Å²) in [7, 11) is 2.10. The van der Waals surface area contributed by atoms with Crippen LogP contribution >= 0.6 is 15.9 Å². The molecule has 1 unspecified atom stereocenters. The summed E-state index contributed by atoms with van der Waals surface area (Å²) >= 11 is 3.65. The summed E-state index contributed by atoms with van der Waals surface area (Å²) in [6.07, 6.45) is 7.22. The molecule has 1 heterocycles. The van der Waals surface area contributed by atoms with E-state index >= 15 is 0 Å². The molecule has 1 N–H and O–H groups in total. The zero-order valence-electron chi connectivity index (χ0n) is 13.5. The summed E-state index contributed by atoms with van der Waals surface area (Å²) in [5.74, 6) is 1.89. The summed E-state index contributed by atoms with van der Waals surface area (Å²) in [6.45, 7) is 5.40. The number of rotatable bonds is 8. The minimum absolute atomic E-state index is 0.535. The molecule has 1 atom stereocenters. The van der Waals surface area contributed by atoms with Crippen molar-refractivity contribution in [1.29, 1.82) is 0 Å². The Morgan fingerprint density at radius 3 is 2.57 bits per heavy atom. The van der Waals surface area contributed by atoms with Crippen molar-refractivity contribution in [3.8, 4) is 5.75 Å². The largest absolute Gasteiger partial charge is 0.493 e. The third kappa shape index (κ3) is 4.23. The molecule has 0 radical (unpaired) electrons. The number of hydrogen-bond acceptors (Lipinski definition) is 2. The first kappa shape index (κ1) is 16.8. The lowest BCUT2D eigenvalue weighted by molar-refractivity contribution is 0.315. The topological polar surface area (TPSA) is 21.3 Å². The minimum atomic E-state index is 0.535. The lowest BCUT2D eigenvalue weighted by Crippen LogP contribution is -2.35. The van der Waals surface area contributed by atoms with Crippen molar-refractivity contribution in [2.75, 3.05) is 13.7 Å². The molecule has 21 heavy (non-hydrogen) atoms. The van der Waals surface area contributed by atoms with Crippen LogP contribution in [-0.4, -0.2) is 19.7 Å². The van der Waals surface area contributed by atoms with Gasteiger partial charge in [-0.05, 0) is 55.5 Å². The Balaban J connectivity index is 2.18. The fourth-order valence-corrected chi connectivity index (χ4v) is 4.08. The van der Waals surface area contributed by atoms with Gasteiger partial charge in [-0.1, -0.05) is 42.6 Å². The predicted molar refractivity (Wildman–Crippen MR) is 93.2 cm³/mol. The van der Waals surface area contributed by atoms with Gasteiger partial charge < -0.3 is 10.1 Å². The van der Waals surface area contributed by atoms with E-state index < -0.39 is 0 Å². The zero-order valence-corrected chi connectivity index (χ0v) is 15.1. The average Bonchev–Trinajstić information content (AvgIpc) is 2.92. The molecule has 0 amide bonds. The molecule has 0 saturated carbocycles. The average molecular weight is 354 g/mol. The molecular formula is C18H28BrNO. The van der Waals surface area contributed by atoms with Crippen molar-refractivity contribution in [3.63, 3.8) is 0 Å². The quantitative estimate of drug-likeness (QED) is 0.729. The third-order valence-corrected chi connectivity index (χ3v) is 4.98. The highest BCUT2D eigenvalue weighted by Crippen LogP contribution is 2.35. The molecule has 2 nitrogen and oxygen atoms in total. The van der Waals surface area contributed by atoms with Gasteiger partial charge >= 0.3 is 0 Å². The van der Waals surface area contributed by atoms with E-state index in [2.05, 4.69) is 54.3 Å². The van der Waals surface area contributed by atoms with E-state index in [1.807, 2.05) is 0 Å². The SMILES string of the molecule is CCCC(CCC)C(Cc1cc(Br)cc2c1OCC2)NC. The van der Waals surface area contributed by atoms with E-state index in [-0.39, 0.29) is 0 Å².